The zero-order valence-electron chi connectivity index (χ0n) is 16.3. The van der Waals surface area contributed by atoms with Crippen molar-refractivity contribution in [3.05, 3.63) is 53.6 Å². The minimum atomic E-state index is -3.63. The summed E-state index contributed by atoms with van der Waals surface area (Å²) in [5.41, 5.74) is 2.69. The van der Waals surface area contributed by atoms with Crippen molar-refractivity contribution in [2.24, 2.45) is 10.3 Å². The van der Waals surface area contributed by atoms with Gasteiger partial charge in [0, 0.05) is 24.6 Å². The molecule has 30 heavy (non-hydrogen) atoms. The third-order valence-corrected chi connectivity index (χ3v) is 7.81. The minimum absolute atomic E-state index is 0.0354. The highest BCUT2D eigenvalue weighted by Gasteiger charge is 2.34. The summed E-state index contributed by atoms with van der Waals surface area (Å²) < 4.78 is 29.6. The molecule has 1 fully saturated rings. The number of nitrogens with one attached hydrogen (secondary N) is 1. The first-order valence-electron chi connectivity index (χ1n) is 9.78. The van der Waals surface area contributed by atoms with Crippen LogP contribution in [0.15, 0.2) is 51.8 Å². The van der Waals surface area contributed by atoms with Gasteiger partial charge in [0.2, 0.25) is 5.91 Å². The van der Waals surface area contributed by atoms with E-state index in [4.69, 9.17) is 0 Å². The van der Waals surface area contributed by atoms with Crippen molar-refractivity contribution >= 4 is 48.5 Å². The van der Waals surface area contributed by atoms with Gasteiger partial charge in [-0.25, -0.2) is 4.98 Å². The van der Waals surface area contributed by atoms with E-state index in [1.54, 1.807) is 18.2 Å². The fraction of sp³-hybridized carbons (Fsp3) is 0.286. The predicted molar refractivity (Wildman–Crippen MR) is 117 cm³/mol. The van der Waals surface area contributed by atoms with Gasteiger partial charge in [0.1, 0.15) is 4.90 Å². The number of carbonyl (C=O) groups is 1. The van der Waals surface area contributed by atoms with Crippen molar-refractivity contribution < 1.29 is 13.2 Å². The standard InChI is InChI=1S/C21H20N4O3S2/c1-13-6-7-16-17(12-13)29-21(22-16)23-20(26)14-8-10-25(11-9-14)19-15-4-2-3-5-18(15)30(27,28)24-19/h2-7,12,14H,8-11H2,1H3,(H,22,23,26). The average molecular weight is 441 g/mol. The molecule has 0 atom stereocenters. The molecule has 3 aromatic rings. The third kappa shape index (κ3) is 3.37. The Labute approximate surface area is 178 Å². The number of amides is 1. The van der Waals surface area contributed by atoms with E-state index in [1.165, 1.54) is 11.3 Å². The monoisotopic (exact) mass is 440 g/mol. The Bertz CT molecular complexity index is 1290. The van der Waals surface area contributed by atoms with Crippen LogP contribution in [0.5, 0.6) is 0 Å². The number of aromatic nitrogens is 1. The van der Waals surface area contributed by atoms with Gasteiger partial charge in [0.05, 0.1) is 10.2 Å². The second-order valence-electron chi connectivity index (χ2n) is 7.63. The highest BCUT2D eigenvalue weighted by molar-refractivity contribution is 7.90. The molecule has 0 aliphatic carbocycles. The zero-order valence-corrected chi connectivity index (χ0v) is 18.0. The molecule has 2 aliphatic heterocycles. The number of anilines is 1. The van der Waals surface area contributed by atoms with E-state index in [2.05, 4.69) is 20.8 Å². The molecule has 0 unspecified atom stereocenters. The maximum atomic E-state index is 12.8. The Hall–Kier alpha value is -2.78. The number of fused-ring (bicyclic) bond motifs is 2. The van der Waals surface area contributed by atoms with Crippen LogP contribution in [0.25, 0.3) is 10.2 Å². The Morgan fingerprint density at radius 2 is 1.93 bits per heavy atom. The minimum Gasteiger partial charge on any atom is -0.355 e. The number of thiazole rings is 1. The quantitative estimate of drug-likeness (QED) is 0.659. The van der Waals surface area contributed by atoms with Crippen molar-refractivity contribution in [3.8, 4) is 0 Å². The number of sulfonamides is 1. The SMILES string of the molecule is Cc1ccc2nc(NC(=O)C3CCN(C4=NS(=O)(=O)c5ccccc54)CC3)sc2c1. The van der Waals surface area contributed by atoms with Crippen LogP contribution in [0.2, 0.25) is 0 Å². The van der Waals surface area contributed by atoms with Crippen molar-refractivity contribution in [2.45, 2.75) is 24.7 Å². The first-order valence-corrected chi connectivity index (χ1v) is 12.0. The first kappa shape index (κ1) is 19.2. The molecular formula is C21H20N4O3S2. The van der Waals surface area contributed by atoms with Crippen molar-refractivity contribution in [1.82, 2.24) is 9.88 Å². The van der Waals surface area contributed by atoms with Gasteiger partial charge in [-0.2, -0.15) is 8.42 Å². The molecule has 0 spiro atoms. The lowest BCUT2D eigenvalue weighted by molar-refractivity contribution is -0.120. The molecule has 154 valence electrons. The van der Waals surface area contributed by atoms with Gasteiger partial charge in [0.15, 0.2) is 11.0 Å². The molecule has 0 saturated carbocycles. The molecule has 5 rings (SSSR count). The normalized spacial score (nSPS) is 18.3. The molecule has 7 nitrogen and oxygen atoms in total. The molecule has 9 heteroatoms. The molecule has 0 radical (unpaired) electrons. The summed E-state index contributed by atoms with van der Waals surface area (Å²) in [5.74, 6) is 0.321. The molecule has 0 bridgehead atoms. The highest BCUT2D eigenvalue weighted by atomic mass is 32.2. The molecule has 1 N–H and O–H groups in total. The summed E-state index contributed by atoms with van der Waals surface area (Å²) in [5, 5.41) is 3.57. The second-order valence-corrected chi connectivity index (χ2v) is 10.2. The number of piperidine rings is 1. The topological polar surface area (TPSA) is 91.7 Å². The molecule has 1 amide bonds. The maximum absolute atomic E-state index is 12.8. The van der Waals surface area contributed by atoms with E-state index in [1.807, 2.05) is 30.0 Å². The fourth-order valence-electron chi connectivity index (χ4n) is 3.96. The number of hydrogen-bond donors (Lipinski definition) is 1. The van der Waals surface area contributed by atoms with E-state index >= 15 is 0 Å². The number of nitrogens with zero attached hydrogens (tertiary/aromatic N) is 3. The summed E-state index contributed by atoms with van der Waals surface area (Å²) in [6.45, 7) is 3.20. The number of benzene rings is 2. The van der Waals surface area contributed by atoms with E-state index in [0.717, 1.165) is 15.8 Å². The fourth-order valence-corrected chi connectivity index (χ4v) is 6.16. The van der Waals surface area contributed by atoms with Gasteiger partial charge in [-0.3, -0.25) is 4.79 Å². The highest BCUT2D eigenvalue weighted by Crippen LogP contribution is 2.31. The summed E-state index contributed by atoms with van der Waals surface area (Å²) in [6, 6.07) is 12.9. The second kappa shape index (κ2) is 7.17. The molecular weight excluding hydrogens is 420 g/mol. The van der Waals surface area contributed by atoms with Crippen LogP contribution in [0, 0.1) is 12.8 Å². The van der Waals surface area contributed by atoms with Crippen LogP contribution in [-0.4, -0.2) is 43.1 Å². The lowest BCUT2D eigenvalue weighted by Gasteiger charge is -2.32. The number of rotatable bonds is 2. The van der Waals surface area contributed by atoms with Gasteiger partial charge in [-0.1, -0.05) is 29.5 Å². The van der Waals surface area contributed by atoms with Crippen LogP contribution in [0.3, 0.4) is 0 Å². The van der Waals surface area contributed by atoms with Crippen LogP contribution in [0.1, 0.15) is 24.0 Å². The maximum Gasteiger partial charge on any atom is 0.285 e. The van der Waals surface area contributed by atoms with Gasteiger partial charge in [-0.05, 0) is 49.6 Å². The van der Waals surface area contributed by atoms with Crippen LogP contribution in [0.4, 0.5) is 5.13 Å². The van der Waals surface area contributed by atoms with Crippen molar-refractivity contribution in [3.63, 3.8) is 0 Å². The van der Waals surface area contributed by atoms with Crippen molar-refractivity contribution in [2.75, 3.05) is 18.4 Å². The molecule has 1 saturated heterocycles. The van der Waals surface area contributed by atoms with Crippen LogP contribution >= 0.6 is 11.3 Å². The van der Waals surface area contributed by atoms with Gasteiger partial charge < -0.3 is 10.2 Å². The van der Waals surface area contributed by atoms with Gasteiger partial charge in [0.25, 0.3) is 10.0 Å². The van der Waals surface area contributed by atoms with E-state index < -0.39 is 10.0 Å². The lowest BCUT2D eigenvalue weighted by atomic mass is 9.95. The third-order valence-electron chi connectivity index (χ3n) is 5.55. The number of likely N-dealkylation sites (tertiary alicyclic amines) is 1. The zero-order chi connectivity index (χ0) is 20.9. The number of carbonyl (C=O) groups excluding carboxylic acids is 1. The summed E-state index contributed by atoms with van der Waals surface area (Å²) in [6.07, 6.45) is 1.27. The van der Waals surface area contributed by atoms with E-state index in [9.17, 15) is 13.2 Å². The van der Waals surface area contributed by atoms with E-state index in [0.29, 0.717) is 42.5 Å². The number of amidine groups is 1. The predicted octanol–water partition coefficient (Wildman–Crippen LogP) is 3.40. The number of hydrogen-bond acceptors (Lipinski definition) is 6. The van der Waals surface area contributed by atoms with Gasteiger partial charge in [-0.15, -0.1) is 4.40 Å². The lowest BCUT2D eigenvalue weighted by Crippen LogP contribution is -2.41. The van der Waals surface area contributed by atoms with E-state index in [-0.39, 0.29) is 16.7 Å². The molecule has 2 aromatic carbocycles. The number of aryl methyl sites for hydroxylation is 1. The molecule has 2 aliphatic rings. The van der Waals surface area contributed by atoms with Crippen molar-refractivity contribution in [1.29, 1.82) is 0 Å². The van der Waals surface area contributed by atoms with Crippen LogP contribution < -0.4 is 5.32 Å². The largest absolute Gasteiger partial charge is 0.355 e. The summed E-state index contributed by atoms with van der Waals surface area (Å²) >= 11 is 1.48. The summed E-state index contributed by atoms with van der Waals surface area (Å²) in [7, 11) is -3.63. The molecule has 1 aromatic heterocycles. The Balaban J connectivity index is 1.26. The first-order chi connectivity index (χ1) is 14.4. The average Bonchev–Trinajstić information content (AvgIpc) is 3.25. The molecule has 3 heterocycles. The van der Waals surface area contributed by atoms with Gasteiger partial charge >= 0.3 is 0 Å². The Morgan fingerprint density at radius 3 is 2.73 bits per heavy atom. The Morgan fingerprint density at radius 1 is 1.17 bits per heavy atom. The summed E-state index contributed by atoms with van der Waals surface area (Å²) in [4.78, 5) is 19.5. The van der Waals surface area contributed by atoms with Crippen LogP contribution in [-0.2, 0) is 14.8 Å². The Kier molecular flexibility index (Phi) is 4.59. The smallest absolute Gasteiger partial charge is 0.285 e.